The van der Waals surface area contributed by atoms with Crippen LogP contribution in [0.25, 0.3) is 0 Å². The van der Waals surface area contributed by atoms with Gasteiger partial charge in [0.05, 0.1) is 12.1 Å². The Labute approximate surface area is 150 Å². The molecule has 22 heavy (non-hydrogen) atoms. The van der Waals surface area contributed by atoms with Crippen LogP contribution in [0.15, 0.2) is 36.4 Å². The van der Waals surface area contributed by atoms with Crippen molar-refractivity contribution in [3.63, 3.8) is 0 Å². The summed E-state index contributed by atoms with van der Waals surface area (Å²) in [5.74, 6) is 1.12. The minimum Gasteiger partial charge on any atom is -0.495 e. The van der Waals surface area contributed by atoms with Crippen molar-refractivity contribution >= 4 is 34.2 Å². The van der Waals surface area contributed by atoms with Crippen LogP contribution >= 0.6 is 34.2 Å². The number of hydrogen-bond acceptors (Lipinski definition) is 2. The highest BCUT2D eigenvalue weighted by Crippen LogP contribution is 2.37. The summed E-state index contributed by atoms with van der Waals surface area (Å²) in [6.07, 6.45) is 1.02. The van der Waals surface area contributed by atoms with E-state index in [1.54, 1.807) is 7.11 Å². The molecule has 1 heterocycles. The number of rotatable bonds is 2. The molecule has 0 bridgehead atoms. The standard InChI is InChI=1S/C18H19ClINO/c1-21-8-7-13-9-17(19)18(22-2)10-15(13)16(11-21)12-3-5-14(20)6-4-12/h3-6,9-10,16H,7-8,11H2,1-2H3. The molecule has 1 unspecified atom stereocenters. The van der Waals surface area contributed by atoms with Crippen LogP contribution < -0.4 is 4.74 Å². The monoisotopic (exact) mass is 427 g/mol. The highest BCUT2D eigenvalue weighted by molar-refractivity contribution is 14.1. The molecule has 0 spiro atoms. The zero-order chi connectivity index (χ0) is 15.7. The predicted octanol–water partition coefficient (Wildman–Crippen LogP) is 4.57. The molecule has 0 aliphatic carbocycles. The fraction of sp³-hybridized carbons (Fsp3) is 0.333. The topological polar surface area (TPSA) is 12.5 Å². The van der Waals surface area contributed by atoms with Gasteiger partial charge in [-0.2, -0.15) is 0 Å². The zero-order valence-corrected chi connectivity index (χ0v) is 15.7. The number of fused-ring (bicyclic) bond motifs is 1. The highest BCUT2D eigenvalue weighted by Gasteiger charge is 2.24. The average molecular weight is 428 g/mol. The summed E-state index contributed by atoms with van der Waals surface area (Å²) in [5, 5.41) is 0.701. The average Bonchev–Trinajstić information content (AvgIpc) is 2.67. The van der Waals surface area contributed by atoms with Gasteiger partial charge in [-0.05, 0) is 77.0 Å². The van der Waals surface area contributed by atoms with Crippen molar-refractivity contribution in [3.8, 4) is 5.75 Å². The van der Waals surface area contributed by atoms with Crippen LogP contribution in [0.2, 0.25) is 5.02 Å². The maximum absolute atomic E-state index is 6.33. The van der Waals surface area contributed by atoms with Crippen molar-refractivity contribution < 1.29 is 4.74 Å². The molecule has 0 aromatic heterocycles. The first-order valence-corrected chi connectivity index (χ1v) is 8.84. The third-order valence-corrected chi connectivity index (χ3v) is 5.33. The molecule has 1 aliphatic heterocycles. The maximum Gasteiger partial charge on any atom is 0.137 e. The quantitative estimate of drug-likeness (QED) is 0.651. The van der Waals surface area contributed by atoms with Crippen molar-refractivity contribution in [2.75, 3.05) is 27.2 Å². The second-order valence-electron chi connectivity index (χ2n) is 5.80. The molecule has 116 valence electrons. The molecule has 1 atom stereocenters. The van der Waals surface area contributed by atoms with Crippen LogP contribution in [0, 0.1) is 3.57 Å². The summed E-state index contributed by atoms with van der Waals surface area (Å²) in [5.41, 5.74) is 4.02. The zero-order valence-electron chi connectivity index (χ0n) is 12.8. The van der Waals surface area contributed by atoms with Gasteiger partial charge in [0.25, 0.3) is 0 Å². The van der Waals surface area contributed by atoms with Crippen LogP contribution in [0.5, 0.6) is 5.75 Å². The summed E-state index contributed by atoms with van der Waals surface area (Å²) in [7, 11) is 3.86. The van der Waals surface area contributed by atoms with Crippen LogP contribution in [0.1, 0.15) is 22.6 Å². The molecule has 0 fully saturated rings. The SMILES string of the molecule is COc1cc2c(cc1Cl)CCN(C)CC2c1ccc(I)cc1. The van der Waals surface area contributed by atoms with Crippen LogP contribution in [0.4, 0.5) is 0 Å². The molecule has 0 amide bonds. The minimum atomic E-state index is 0.352. The Kier molecular flexibility index (Phi) is 4.95. The van der Waals surface area contributed by atoms with Crippen LogP contribution in [-0.2, 0) is 6.42 Å². The lowest BCUT2D eigenvalue weighted by molar-refractivity contribution is 0.338. The van der Waals surface area contributed by atoms with E-state index in [4.69, 9.17) is 16.3 Å². The van der Waals surface area contributed by atoms with E-state index in [1.165, 1.54) is 20.3 Å². The Morgan fingerprint density at radius 3 is 2.64 bits per heavy atom. The van der Waals surface area contributed by atoms with Crippen molar-refractivity contribution in [3.05, 3.63) is 61.7 Å². The van der Waals surface area contributed by atoms with Crippen LogP contribution in [-0.4, -0.2) is 32.1 Å². The van der Waals surface area contributed by atoms with Gasteiger partial charge in [-0.3, -0.25) is 0 Å². The van der Waals surface area contributed by atoms with Gasteiger partial charge in [0, 0.05) is 22.6 Å². The second-order valence-corrected chi connectivity index (χ2v) is 7.45. The van der Waals surface area contributed by atoms with E-state index >= 15 is 0 Å². The Morgan fingerprint density at radius 2 is 1.95 bits per heavy atom. The largest absolute Gasteiger partial charge is 0.495 e. The summed E-state index contributed by atoms with van der Waals surface area (Å²) in [6.45, 7) is 2.06. The number of nitrogens with zero attached hydrogens (tertiary/aromatic N) is 1. The van der Waals surface area contributed by atoms with E-state index in [-0.39, 0.29) is 0 Å². The predicted molar refractivity (Wildman–Crippen MR) is 100 cm³/mol. The van der Waals surface area contributed by atoms with Gasteiger partial charge in [-0.1, -0.05) is 23.7 Å². The molecular weight excluding hydrogens is 409 g/mol. The number of halogens is 2. The molecule has 0 N–H and O–H groups in total. The number of likely N-dealkylation sites (N-methyl/N-ethyl adjacent to an activating group) is 1. The normalized spacial score (nSPS) is 18.6. The van der Waals surface area contributed by atoms with Crippen molar-refractivity contribution in [1.29, 1.82) is 0 Å². The summed E-state index contributed by atoms with van der Waals surface area (Å²) >= 11 is 8.67. The van der Waals surface area contributed by atoms with Gasteiger partial charge >= 0.3 is 0 Å². The lowest BCUT2D eigenvalue weighted by Crippen LogP contribution is -2.24. The van der Waals surface area contributed by atoms with Crippen LogP contribution in [0.3, 0.4) is 0 Å². The molecule has 2 aromatic carbocycles. The van der Waals surface area contributed by atoms with E-state index in [0.29, 0.717) is 10.9 Å². The van der Waals surface area contributed by atoms with Crippen molar-refractivity contribution in [1.82, 2.24) is 4.90 Å². The summed E-state index contributed by atoms with van der Waals surface area (Å²) < 4.78 is 6.70. The minimum absolute atomic E-state index is 0.352. The third-order valence-electron chi connectivity index (χ3n) is 4.32. The van der Waals surface area contributed by atoms with Crippen molar-refractivity contribution in [2.24, 2.45) is 0 Å². The van der Waals surface area contributed by atoms with E-state index in [2.05, 4.69) is 70.9 Å². The first-order valence-electron chi connectivity index (χ1n) is 7.39. The van der Waals surface area contributed by atoms with Gasteiger partial charge < -0.3 is 9.64 Å². The summed E-state index contributed by atoms with van der Waals surface area (Å²) in [4.78, 5) is 2.39. The fourth-order valence-corrected chi connectivity index (χ4v) is 3.72. The Morgan fingerprint density at radius 1 is 1.23 bits per heavy atom. The van der Waals surface area contributed by atoms with Gasteiger partial charge in [-0.15, -0.1) is 0 Å². The molecule has 3 rings (SSSR count). The van der Waals surface area contributed by atoms with Crippen molar-refractivity contribution in [2.45, 2.75) is 12.3 Å². The molecule has 0 saturated heterocycles. The molecular formula is C18H19ClINO. The molecule has 0 saturated carbocycles. The highest BCUT2D eigenvalue weighted by atomic mass is 127. The number of benzene rings is 2. The lowest BCUT2D eigenvalue weighted by atomic mass is 9.88. The van der Waals surface area contributed by atoms with E-state index in [1.807, 2.05) is 0 Å². The summed E-state index contributed by atoms with van der Waals surface area (Å²) in [6, 6.07) is 13.0. The Balaban J connectivity index is 2.11. The molecule has 1 aliphatic rings. The Hall–Kier alpha value is -0.780. The molecule has 4 heteroatoms. The maximum atomic E-state index is 6.33. The number of methoxy groups -OCH3 is 1. The molecule has 0 radical (unpaired) electrons. The first-order chi connectivity index (χ1) is 10.6. The van der Waals surface area contributed by atoms with Gasteiger partial charge in [0.1, 0.15) is 5.75 Å². The Bertz CT molecular complexity index is 672. The second kappa shape index (κ2) is 6.77. The number of hydrogen-bond donors (Lipinski definition) is 0. The van der Waals surface area contributed by atoms with Gasteiger partial charge in [0.15, 0.2) is 0 Å². The third kappa shape index (κ3) is 3.26. The molecule has 2 nitrogen and oxygen atoms in total. The van der Waals surface area contributed by atoms with E-state index in [9.17, 15) is 0 Å². The number of ether oxygens (including phenoxy) is 1. The van der Waals surface area contributed by atoms with E-state index < -0.39 is 0 Å². The smallest absolute Gasteiger partial charge is 0.137 e. The lowest BCUT2D eigenvalue weighted by Gasteiger charge is -2.22. The fourth-order valence-electron chi connectivity index (χ4n) is 3.10. The van der Waals surface area contributed by atoms with Gasteiger partial charge in [-0.25, -0.2) is 0 Å². The van der Waals surface area contributed by atoms with E-state index in [0.717, 1.165) is 25.3 Å². The first kappa shape index (κ1) is 16.1. The van der Waals surface area contributed by atoms with Gasteiger partial charge in [0.2, 0.25) is 0 Å². The molecule has 2 aromatic rings.